The van der Waals surface area contributed by atoms with Crippen molar-refractivity contribution in [2.24, 2.45) is 0 Å². The van der Waals surface area contributed by atoms with Crippen LogP contribution in [0.1, 0.15) is 25.8 Å². The third kappa shape index (κ3) is 4.05. The zero-order chi connectivity index (χ0) is 13.5. The molecule has 96 valence electrons. The van der Waals surface area contributed by atoms with Crippen molar-refractivity contribution in [1.82, 2.24) is 0 Å². The molecule has 4 heteroatoms. The highest BCUT2D eigenvalue weighted by Crippen LogP contribution is 2.17. The maximum atomic E-state index is 11.9. The number of esters is 1. The highest BCUT2D eigenvalue weighted by atomic mass is 16.5. The van der Waals surface area contributed by atoms with Crippen molar-refractivity contribution < 1.29 is 19.4 Å². The van der Waals surface area contributed by atoms with Gasteiger partial charge in [-0.05, 0) is 18.9 Å². The number of ether oxygens (including phenoxy) is 1. The number of carbonyl (C=O) groups is 2. The Morgan fingerprint density at radius 2 is 1.94 bits per heavy atom. The number of carboxylic acids is 1. The molecule has 0 fully saturated rings. The van der Waals surface area contributed by atoms with E-state index in [1.807, 2.05) is 6.92 Å². The maximum Gasteiger partial charge on any atom is 0.339 e. The van der Waals surface area contributed by atoms with E-state index in [4.69, 9.17) is 9.84 Å². The molecule has 0 bridgehead atoms. The fourth-order valence-corrected chi connectivity index (χ4v) is 1.33. The van der Waals surface area contributed by atoms with Crippen LogP contribution in [0, 0.1) is 0 Å². The minimum absolute atomic E-state index is 0.0587. The molecule has 1 rings (SSSR count). The summed E-state index contributed by atoms with van der Waals surface area (Å²) in [7, 11) is 0. The van der Waals surface area contributed by atoms with Gasteiger partial charge in [-0.25, -0.2) is 9.59 Å². The van der Waals surface area contributed by atoms with Gasteiger partial charge in [0.2, 0.25) is 0 Å². The SMILES string of the molecule is CCC(C)OC(=O)C(=CC(=O)O)c1ccccc1. The fraction of sp³-hybridized carbons (Fsp3) is 0.286. The van der Waals surface area contributed by atoms with Gasteiger partial charge in [0.1, 0.15) is 0 Å². The number of carboxylic acid groups (broad SMARTS) is 1. The zero-order valence-electron chi connectivity index (χ0n) is 10.4. The van der Waals surface area contributed by atoms with Crippen molar-refractivity contribution in [1.29, 1.82) is 0 Å². The predicted octanol–water partition coefficient (Wildman–Crippen LogP) is 2.50. The van der Waals surface area contributed by atoms with Gasteiger partial charge in [-0.2, -0.15) is 0 Å². The fourth-order valence-electron chi connectivity index (χ4n) is 1.33. The molecule has 18 heavy (non-hydrogen) atoms. The predicted molar refractivity (Wildman–Crippen MR) is 67.9 cm³/mol. The Kier molecular flexibility index (Phi) is 5.11. The average molecular weight is 248 g/mol. The van der Waals surface area contributed by atoms with Crippen LogP contribution in [0.4, 0.5) is 0 Å². The van der Waals surface area contributed by atoms with Crippen LogP contribution in [0.5, 0.6) is 0 Å². The number of hydrogen-bond acceptors (Lipinski definition) is 3. The summed E-state index contributed by atoms with van der Waals surface area (Å²) in [6.07, 6.45) is 1.32. The minimum Gasteiger partial charge on any atom is -0.478 e. The van der Waals surface area contributed by atoms with Gasteiger partial charge < -0.3 is 9.84 Å². The van der Waals surface area contributed by atoms with E-state index in [9.17, 15) is 9.59 Å². The van der Waals surface area contributed by atoms with Gasteiger partial charge in [0.25, 0.3) is 0 Å². The second-order valence-corrected chi connectivity index (χ2v) is 3.89. The van der Waals surface area contributed by atoms with Gasteiger partial charge in [-0.15, -0.1) is 0 Å². The van der Waals surface area contributed by atoms with E-state index in [2.05, 4.69) is 0 Å². The Labute approximate surface area is 106 Å². The lowest BCUT2D eigenvalue weighted by Gasteiger charge is -2.12. The van der Waals surface area contributed by atoms with Crippen LogP contribution >= 0.6 is 0 Å². The van der Waals surface area contributed by atoms with Crippen LogP contribution in [0.3, 0.4) is 0 Å². The number of aliphatic carboxylic acids is 1. The first-order valence-electron chi connectivity index (χ1n) is 5.75. The number of rotatable bonds is 5. The third-order valence-electron chi connectivity index (χ3n) is 2.46. The Balaban J connectivity index is 3.01. The van der Waals surface area contributed by atoms with E-state index in [0.717, 1.165) is 6.08 Å². The second-order valence-electron chi connectivity index (χ2n) is 3.89. The molecule has 0 radical (unpaired) electrons. The lowest BCUT2D eigenvalue weighted by atomic mass is 10.1. The lowest BCUT2D eigenvalue weighted by Crippen LogP contribution is -2.16. The van der Waals surface area contributed by atoms with Crippen LogP contribution in [0.15, 0.2) is 36.4 Å². The van der Waals surface area contributed by atoms with Crippen LogP contribution in [0.2, 0.25) is 0 Å². The zero-order valence-corrected chi connectivity index (χ0v) is 10.4. The van der Waals surface area contributed by atoms with Crippen molar-refractivity contribution in [3.63, 3.8) is 0 Å². The Hall–Kier alpha value is -2.10. The molecule has 0 heterocycles. The van der Waals surface area contributed by atoms with Crippen LogP contribution in [0.25, 0.3) is 5.57 Å². The van der Waals surface area contributed by atoms with Gasteiger partial charge in [0, 0.05) is 6.08 Å². The van der Waals surface area contributed by atoms with Crippen molar-refractivity contribution >= 4 is 17.5 Å². The summed E-state index contributed by atoms with van der Waals surface area (Å²) in [6.45, 7) is 3.66. The minimum atomic E-state index is -1.17. The first-order valence-corrected chi connectivity index (χ1v) is 5.75. The van der Waals surface area contributed by atoms with Crippen molar-refractivity contribution in [3.05, 3.63) is 42.0 Å². The first-order chi connectivity index (χ1) is 8.54. The molecule has 0 saturated carbocycles. The quantitative estimate of drug-likeness (QED) is 0.642. The highest BCUT2D eigenvalue weighted by molar-refractivity contribution is 6.20. The van der Waals surface area contributed by atoms with Gasteiger partial charge in [0.05, 0.1) is 11.7 Å². The number of hydrogen-bond donors (Lipinski definition) is 1. The molecule has 0 aliphatic heterocycles. The smallest absolute Gasteiger partial charge is 0.339 e. The van der Waals surface area contributed by atoms with Gasteiger partial charge >= 0.3 is 11.9 Å². The highest BCUT2D eigenvalue weighted by Gasteiger charge is 2.17. The standard InChI is InChI=1S/C14H16O4/c1-3-10(2)18-14(17)12(9-13(15)16)11-7-5-4-6-8-11/h4-10H,3H2,1-2H3,(H,15,16). The van der Waals surface area contributed by atoms with Crippen molar-refractivity contribution in [2.75, 3.05) is 0 Å². The molecule has 0 aliphatic carbocycles. The Morgan fingerprint density at radius 3 is 2.44 bits per heavy atom. The second kappa shape index (κ2) is 6.59. The number of carbonyl (C=O) groups excluding carboxylic acids is 1. The van der Waals surface area contributed by atoms with Crippen molar-refractivity contribution in [2.45, 2.75) is 26.4 Å². The van der Waals surface area contributed by atoms with Crippen LogP contribution in [-0.2, 0) is 14.3 Å². The largest absolute Gasteiger partial charge is 0.478 e. The lowest BCUT2D eigenvalue weighted by molar-refractivity contribution is -0.141. The monoisotopic (exact) mass is 248 g/mol. The van der Waals surface area contributed by atoms with E-state index in [-0.39, 0.29) is 11.7 Å². The van der Waals surface area contributed by atoms with Gasteiger partial charge in [-0.3, -0.25) is 0 Å². The number of benzene rings is 1. The van der Waals surface area contributed by atoms with E-state index in [1.54, 1.807) is 37.3 Å². The summed E-state index contributed by atoms with van der Waals surface area (Å²) in [5.41, 5.74) is 0.594. The molecule has 0 aromatic heterocycles. The van der Waals surface area contributed by atoms with Crippen molar-refractivity contribution in [3.8, 4) is 0 Å². The molecule has 1 N–H and O–H groups in total. The van der Waals surface area contributed by atoms with Crippen LogP contribution in [-0.4, -0.2) is 23.1 Å². The summed E-state index contributed by atoms with van der Waals surface area (Å²) in [5.74, 6) is -1.78. The molecular formula is C14H16O4. The van der Waals surface area contributed by atoms with Gasteiger partial charge in [0.15, 0.2) is 0 Å². The van der Waals surface area contributed by atoms with E-state index < -0.39 is 11.9 Å². The topological polar surface area (TPSA) is 63.6 Å². The summed E-state index contributed by atoms with van der Waals surface area (Å²) < 4.78 is 5.15. The van der Waals surface area contributed by atoms with E-state index >= 15 is 0 Å². The molecule has 4 nitrogen and oxygen atoms in total. The Bertz CT molecular complexity index is 448. The average Bonchev–Trinajstić information content (AvgIpc) is 2.36. The molecule has 1 aromatic carbocycles. The summed E-state index contributed by atoms with van der Waals surface area (Å²) >= 11 is 0. The summed E-state index contributed by atoms with van der Waals surface area (Å²) in [6, 6.07) is 8.62. The van der Waals surface area contributed by atoms with Crippen LogP contribution < -0.4 is 0 Å². The molecule has 1 atom stereocenters. The van der Waals surface area contributed by atoms with E-state index in [0.29, 0.717) is 12.0 Å². The molecule has 1 aromatic rings. The first kappa shape index (κ1) is 14.0. The summed E-state index contributed by atoms with van der Waals surface area (Å²) in [4.78, 5) is 22.7. The molecule has 0 aliphatic rings. The molecule has 0 spiro atoms. The van der Waals surface area contributed by atoms with E-state index in [1.165, 1.54) is 0 Å². The molecular weight excluding hydrogens is 232 g/mol. The molecule has 0 saturated heterocycles. The van der Waals surface area contributed by atoms with Gasteiger partial charge in [-0.1, -0.05) is 37.3 Å². The summed E-state index contributed by atoms with van der Waals surface area (Å²) in [5, 5.41) is 8.80. The molecule has 1 unspecified atom stereocenters. The maximum absolute atomic E-state index is 11.9. The molecule has 0 amide bonds. The Morgan fingerprint density at radius 1 is 1.33 bits per heavy atom. The normalized spacial score (nSPS) is 12.9. The third-order valence-corrected chi connectivity index (χ3v) is 2.46.